The predicted octanol–water partition coefficient (Wildman–Crippen LogP) is 2.23. The van der Waals surface area contributed by atoms with Crippen LogP contribution in [-0.2, 0) is 13.8 Å². The standard InChI is InChI=1S/C11H12BrClFNO4S/c1-15(3-4-19-2)11(16)7-5-8(14)10(12)9(6-7)20(13,17)18/h5-6H,3-4H2,1-2H3. The smallest absolute Gasteiger partial charge is 0.262 e. The number of ether oxygens (including phenoxy) is 1. The quantitative estimate of drug-likeness (QED) is 0.726. The minimum Gasteiger partial charge on any atom is -0.383 e. The Morgan fingerprint density at radius 2 is 2.10 bits per heavy atom. The largest absolute Gasteiger partial charge is 0.383 e. The van der Waals surface area contributed by atoms with Gasteiger partial charge >= 0.3 is 0 Å². The molecule has 0 saturated heterocycles. The van der Waals surface area contributed by atoms with Gasteiger partial charge in [-0.05, 0) is 28.1 Å². The summed E-state index contributed by atoms with van der Waals surface area (Å²) in [5.41, 5.74) is -0.108. The maximum atomic E-state index is 13.7. The zero-order chi connectivity index (χ0) is 15.5. The van der Waals surface area contributed by atoms with E-state index in [0.29, 0.717) is 6.61 Å². The topological polar surface area (TPSA) is 63.7 Å². The molecule has 0 saturated carbocycles. The number of benzene rings is 1. The molecule has 1 aromatic carbocycles. The zero-order valence-corrected chi connectivity index (χ0v) is 13.8. The fourth-order valence-corrected chi connectivity index (χ4v) is 3.51. The van der Waals surface area contributed by atoms with Gasteiger partial charge in [-0.3, -0.25) is 4.79 Å². The predicted molar refractivity (Wildman–Crippen MR) is 76.0 cm³/mol. The molecular formula is C11H12BrClFNO4S. The van der Waals surface area contributed by atoms with Gasteiger partial charge in [0.2, 0.25) is 0 Å². The molecule has 1 aromatic rings. The van der Waals surface area contributed by atoms with Crippen LogP contribution < -0.4 is 0 Å². The van der Waals surface area contributed by atoms with E-state index in [1.807, 2.05) is 0 Å². The lowest BCUT2D eigenvalue weighted by Gasteiger charge is -2.17. The summed E-state index contributed by atoms with van der Waals surface area (Å²) in [5, 5.41) is 0. The van der Waals surface area contributed by atoms with Gasteiger partial charge in [0.25, 0.3) is 15.0 Å². The van der Waals surface area contributed by atoms with Crippen LogP contribution in [0.2, 0.25) is 0 Å². The molecule has 0 fully saturated rings. The molecule has 0 aromatic heterocycles. The molecule has 9 heteroatoms. The van der Waals surface area contributed by atoms with E-state index >= 15 is 0 Å². The van der Waals surface area contributed by atoms with Crippen molar-refractivity contribution in [1.29, 1.82) is 0 Å². The van der Waals surface area contributed by atoms with Crippen LogP contribution in [0.25, 0.3) is 0 Å². The second kappa shape index (κ2) is 6.84. The fourth-order valence-electron chi connectivity index (χ4n) is 1.41. The van der Waals surface area contributed by atoms with Crippen molar-refractivity contribution in [3.8, 4) is 0 Å². The second-order valence-electron chi connectivity index (χ2n) is 3.93. The molecule has 0 atom stereocenters. The molecule has 0 heterocycles. The average Bonchev–Trinajstić information content (AvgIpc) is 2.36. The molecule has 0 bridgehead atoms. The molecule has 1 rings (SSSR count). The van der Waals surface area contributed by atoms with E-state index in [-0.39, 0.29) is 16.6 Å². The SMILES string of the molecule is COCCN(C)C(=O)c1cc(F)c(Br)c(S(=O)(=O)Cl)c1. The zero-order valence-electron chi connectivity index (χ0n) is 10.7. The van der Waals surface area contributed by atoms with Gasteiger partial charge in [-0.15, -0.1) is 0 Å². The van der Waals surface area contributed by atoms with Crippen LogP contribution in [0.15, 0.2) is 21.5 Å². The first-order valence-electron chi connectivity index (χ1n) is 5.36. The summed E-state index contributed by atoms with van der Waals surface area (Å²) in [5.74, 6) is -1.41. The van der Waals surface area contributed by atoms with E-state index in [2.05, 4.69) is 15.9 Å². The molecule has 0 N–H and O–H groups in total. The van der Waals surface area contributed by atoms with E-state index in [9.17, 15) is 17.6 Å². The summed E-state index contributed by atoms with van der Waals surface area (Å²) in [6.45, 7) is 0.595. The van der Waals surface area contributed by atoms with Gasteiger partial charge in [0.1, 0.15) is 10.7 Å². The van der Waals surface area contributed by atoms with Crippen LogP contribution >= 0.6 is 26.6 Å². The second-order valence-corrected chi connectivity index (χ2v) is 7.25. The number of halogens is 3. The summed E-state index contributed by atoms with van der Waals surface area (Å²) in [6, 6.07) is 1.97. The lowest BCUT2D eigenvalue weighted by Crippen LogP contribution is -2.30. The summed E-state index contributed by atoms with van der Waals surface area (Å²) in [6.07, 6.45) is 0. The summed E-state index contributed by atoms with van der Waals surface area (Å²) >= 11 is 2.79. The van der Waals surface area contributed by atoms with Crippen LogP contribution in [0.4, 0.5) is 4.39 Å². The van der Waals surface area contributed by atoms with Crippen molar-refractivity contribution in [2.45, 2.75) is 4.90 Å². The van der Waals surface area contributed by atoms with Crippen molar-refractivity contribution < 1.29 is 22.3 Å². The van der Waals surface area contributed by atoms with Crippen molar-refractivity contribution in [3.05, 3.63) is 28.0 Å². The Morgan fingerprint density at radius 1 is 1.50 bits per heavy atom. The maximum Gasteiger partial charge on any atom is 0.262 e. The van der Waals surface area contributed by atoms with E-state index in [0.717, 1.165) is 12.1 Å². The highest BCUT2D eigenvalue weighted by atomic mass is 79.9. The van der Waals surface area contributed by atoms with Crippen LogP contribution in [-0.4, -0.2) is 46.5 Å². The Labute approximate surface area is 129 Å². The maximum absolute atomic E-state index is 13.7. The third-order valence-electron chi connectivity index (χ3n) is 2.48. The Balaban J connectivity index is 3.21. The monoisotopic (exact) mass is 387 g/mol. The first-order chi connectivity index (χ1) is 9.18. The Kier molecular flexibility index (Phi) is 5.93. The third-order valence-corrected chi connectivity index (χ3v) is 4.90. The van der Waals surface area contributed by atoms with E-state index < -0.39 is 25.7 Å². The number of carbonyl (C=O) groups is 1. The van der Waals surface area contributed by atoms with Gasteiger partial charge in [-0.25, -0.2) is 12.8 Å². The van der Waals surface area contributed by atoms with Crippen LogP contribution in [0.1, 0.15) is 10.4 Å². The number of methoxy groups -OCH3 is 1. The highest BCUT2D eigenvalue weighted by Gasteiger charge is 2.22. The van der Waals surface area contributed by atoms with Gasteiger partial charge in [-0.2, -0.15) is 0 Å². The van der Waals surface area contributed by atoms with Gasteiger partial charge in [0, 0.05) is 36.9 Å². The van der Waals surface area contributed by atoms with Gasteiger partial charge < -0.3 is 9.64 Å². The number of rotatable bonds is 5. The Bertz CT molecular complexity index is 623. The van der Waals surface area contributed by atoms with Gasteiger partial charge in [0.15, 0.2) is 0 Å². The third kappa shape index (κ3) is 4.15. The molecule has 5 nitrogen and oxygen atoms in total. The van der Waals surface area contributed by atoms with E-state index in [1.54, 1.807) is 0 Å². The molecule has 112 valence electrons. The summed E-state index contributed by atoms with van der Waals surface area (Å²) in [7, 11) is 4.02. The van der Waals surface area contributed by atoms with E-state index in [4.69, 9.17) is 15.4 Å². The Hall–Kier alpha value is -0.700. The van der Waals surface area contributed by atoms with Crippen LogP contribution in [0.3, 0.4) is 0 Å². The normalized spacial score (nSPS) is 11.4. The molecule has 0 spiro atoms. The van der Waals surface area contributed by atoms with Crippen molar-refractivity contribution in [2.24, 2.45) is 0 Å². The molecule has 0 radical (unpaired) electrons. The highest BCUT2D eigenvalue weighted by molar-refractivity contribution is 9.10. The Morgan fingerprint density at radius 3 is 2.60 bits per heavy atom. The number of nitrogens with zero attached hydrogens (tertiary/aromatic N) is 1. The molecule has 0 aliphatic carbocycles. The average molecular weight is 389 g/mol. The molecular weight excluding hydrogens is 377 g/mol. The molecule has 1 amide bonds. The molecule has 0 aliphatic heterocycles. The summed E-state index contributed by atoms with van der Waals surface area (Å²) in [4.78, 5) is 12.8. The van der Waals surface area contributed by atoms with Crippen LogP contribution in [0, 0.1) is 5.82 Å². The van der Waals surface area contributed by atoms with Crippen molar-refractivity contribution in [1.82, 2.24) is 4.90 Å². The summed E-state index contributed by atoms with van der Waals surface area (Å²) < 4.78 is 40.9. The van der Waals surface area contributed by atoms with E-state index in [1.165, 1.54) is 19.1 Å². The number of hydrogen-bond acceptors (Lipinski definition) is 4. The first kappa shape index (κ1) is 17.4. The fraction of sp³-hybridized carbons (Fsp3) is 0.364. The van der Waals surface area contributed by atoms with Crippen molar-refractivity contribution >= 4 is 41.6 Å². The highest BCUT2D eigenvalue weighted by Crippen LogP contribution is 2.29. The van der Waals surface area contributed by atoms with Crippen molar-refractivity contribution in [3.63, 3.8) is 0 Å². The lowest BCUT2D eigenvalue weighted by atomic mass is 10.2. The number of likely N-dealkylation sites (N-methyl/N-ethyl adjacent to an activating group) is 1. The molecule has 20 heavy (non-hydrogen) atoms. The minimum absolute atomic E-state index is 0.108. The number of amides is 1. The van der Waals surface area contributed by atoms with Crippen molar-refractivity contribution in [2.75, 3.05) is 27.3 Å². The first-order valence-corrected chi connectivity index (χ1v) is 8.46. The molecule has 0 aliphatic rings. The lowest BCUT2D eigenvalue weighted by molar-refractivity contribution is 0.0743. The van der Waals surface area contributed by atoms with Crippen LogP contribution in [0.5, 0.6) is 0 Å². The number of hydrogen-bond donors (Lipinski definition) is 0. The molecule has 0 unspecified atom stereocenters. The van der Waals surface area contributed by atoms with Gasteiger partial charge in [0.05, 0.1) is 11.1 Å². The van der Waals surface area contributed by atoms with Gasteiger partial charge in [-0.1, -0.05) is 0 Å². The number of carbonyl (C=O) groups excluding carboxylic acids is 1. The minimum atomic E-state index is -4.16.